The average Bonchev–Trinajstić information content (AvgIpc) is 3.08. The Balaban J connectivity index is 1.88. The van der Waals surface area contributed by atoms with Crippen molar-refractivity contribution in [1.82, 2.24) is 10.2 Å². The van der Waals surface area contributed by atoms with Crippen LogP contribution in [0, 0.1) is 5.92 Å². The van der Waals surface area contributed by atoms with Gasteiger partial charge in [0, 0.05) is 32.2 Å². The molecule has 2 aliphatic heterocycles. The molecular weight excluding hydrogens is 294 g/mol. The molecular formula is C17H33N3O3. The fourth-order valence-corrected chi connectivity index (χ4v) is 3.73. The van der Waals surface area contributed by atoms with E-state index in [1.54, 1.807) is 0 Å². The van der Waals surface area contributed by atoms with Gasteiger partial charge in [-0.1, -0.05) is 26.7 Å². The van der Waals surface area contributed by atoms with Gasteiger partial charge in [0.25, 0.3) is 0 Å². The summed E-state index contributed by atoms with van der Waals surface area (Å²) in [6, 6.07) is 0.379. The number of rotatable bonds is 8. The standard InChI is InChI=1S/C17H33N3O3/c1-3-13(4-2)15(20-7-9-22-10-8-20)12-19-17(21)16-6-5-14(11-18)23-16/h13-16H,3-12,18H2,1-2H3,(H,19,21)/t14-,15?,16+/m1/s1. The van der Waals surface area contributed by atoms with Gasteiger partial charge in [-0.2, -0.15) is 0 Å². The van der Waals surface area contributed by atoms with Crippen molar-refractivity contribution < 1.29 is 14.3 Å². The molecule has 1 amide bonds. The van der Waals surface area contributed by atoms with Gasteiger partial charge in [0.1, 0.15) is 6.10 Å². The summed E-state index contributed by atoms with van der Waals surface area (Å²) in [6.45, 7) is 9.12. The highest BCUT2D eigenvalue weighted by molar-refractivity contribution is 5.81. The summed E-state index contributed by atoms with van der Waals surface area (Å²) in [7, 11) is 0. The van der Waals surface area contributed by atoms with E-state index in [4.69, 9.17) is 15.2 Å². The summed E-state index contributed by atoms with van der Waals surface area (Å²) >= 11 is 0. The lowest BCUT2D eigenvalue weighted by Crippen LogP contribution is -2.53. The highest BCUT2D eigenvalue weighted by Crippen LogP contribution is 2.21. The number of carbonyl (C=O) groups is 1. The molecule has 0 bridgehead atoms. The summed E-state index contributed by atoms with van der Waals surface area (Å²) in [5, 5.41) is 3.13. The minimum absolute atomic E-state index is 0.0187. The molecule has 2 rings (SSSR count). The van der Waals surface area contributed by atoms with Gasteiger partial charge >= 0.3 is 0 Å². The molecule has 0 aromatic heterocycles. The number of ether oxygens (including phenoxy) is 2. The zero-order valence-corrected chi connectivity index (χ0v) is 14.6. The normalized spacial score (nSPS) is 27.3. The van der Waals surface area contributed by atoms with Crippen molar-refractivity contribution >= 4 is 5.91 Å². The molecule has 134 valence electrons. The van der Waals surface area contributed by atoms with Crippen molar-refractivity contribution in [2.24, 2.45) is 11.7 Å². The number of hydrogen-bond donors (Lipinski definition) is 2. The predicted molar refractivity (Wildman–Crippen MR) is 90.2 cm³/mol. The molecule has 1 unspecified atom stereocenters. The van der Waals surface area contributed by atoms with Gasteiger partial charge in [-0.15, -0.1) is 0 Å². The Kier molecular flexibility index (Phi) is 7.76. The number of amides is 1. The molecule has 0 aromatic rings. The van der Waals surface area contributed by atoms with E-state index in [-0.39, 0.29) is 18.1 Å². The van der Waals surface area contributed by atoms with Crippen LogP contribution in [0.4, 0.5) is 0 Å². The number of nitrogens with one attached hydrogen (secondary N) is 1. The SMILES string of the molecule is CCC(CC)C(CNC(=O)[C@@H]1CC[C@H](CN)O1)N1CCOCC1. The van der Waals surface area contributed by atoms with Crippen LogP contribution in [-0.4, -0.2) is 68.4 Å². The van der Waals surface area contributed by atoms with Crippen LogP contribution in [0.1, 0.15) is 39.5 Å². The van der Waals surface area contributed by atoms with Crippen molar-refractivity contribution in [2.75, 3.05) is 39.4 Å². The van der Waals surface area contributed by atoms with Gasteiger partial charge < -0.3 is 20.5 Å². The van der Waals surface area contributed by atoms with Gasteiger partial charge in [-0.3, -0.25) is 9.69 Å². The first-order chi connectivity index (χ1) is 11.2. The Morgan fingerprint density at radius 1 is 1.26 bits per heavy atom. The maximum Gasteiger partial charge on any atom is 0.249 e. The number of morpholine rings is 1. The van der Waals surface area contributed by atoms with Crippen molar-refractivity contribution in [3.8, 4) is 0 Å². The second kappa shape index (κ2) is 9.57. The number of hydrogen-bond acceptors (Lipinski definition) is 5. The quantitative estimate of drug-likeness (QED) is 0.688. The lowest BCUT2D eigenvalue weighted by atomic mass is 9.92. The molecule has 2 saturated heterocycles. The fraction of sp³-hybridized carbons (Fsp3) is 0.941. The van der Waals surface area contributed by atoms with Gasteiger partial charge in [0.05, 0.1) is 19.3 Å². The molecule has 0 saturated carbocycles. The van der Waals surface area contributed by atoms with E-state index < -0.39 is 0 Å². The van der Waals surface area contributed by atoms with Crippen molar-refractivity contribution in [2.45, 2.75) is 57.8 Å². The average molecular weight is 327 g/mol. The van der Waals surface area contributed by atoms with Gasteiger partial charge in [0.15, 0.2) is 0 Å². The lowest BCUT2D eigenvalue weighted by Gasteiger charge is -2.39. The van der Waals surface area contributed by atoms with E-state index >= 15 is 0 Å². The molecule has 3 atom stereocenters. The number of nitrogens with zero attached hydrogens (tertiary/aromatic N) is 1. The molecule has 6 heteroatoms. The molecule has 3 N–H and O–H groups in total. The lowest BCUT2D eigenvalue weighted by molar-refractivity contribution is -0.132. The molecule has 2 heterocycles. The van der Waals surface area contributed by atoms with E-state index in [0.717, 1.165) is 52.0 Å². The maximum atomic E-state index is 12.4. The molecule has 0 aromatic carbocycles. The van der Waals surface area contributed by atoms with Crippen LogP contribution >= 0.6 is 0 Å². The Hall–Kier alpha value is -0.690. The summed E-state index contributed by atoms with van der Waals surface area (Å²) in [6.07, 6.45) is 3.64. The highest BCUT2D eigenvalue weighted by atomic mass is 16.5. The minimum Gasteiger partial charge on any atom is -0.379 e. The first-order valence-electron chi connectivity index (χ1n) is 9.14. The Labute approximate surface area is 140 Å². The van der Waals surface area contributed by atoms with E-state index in [2.05, 4.69) is 24.1 Å². The molecule has 0 aliphatic carbocycles. The topological polar surface area (TPSA) is 76.8 Å². The van der Waals surface area contributed by atoms with Crippen LogP contribution < -0.4 is 11.1 Å². The number of carbonyl (C=O) groups excluding carboxylic acids is 1. The second-order valence-electron chi connectivity index (χ2n) is 6.60. The summed E-state index contributed by atoms with van der Waals surface area (Å²) in [5.41, 5.74) is 5.62. The maximum absolute atomic E-state index is 12.4. The van der Waals surface area contributed by atoms with E-state index in [0.29, 0.717) is 25.0 Å². The van der Waals surface area contributed by atoms with Crippen molar-refractivity contribution in [1.29, 1.82) is 0 Å². The van der Waals surface area contributed by atoms with E-state index in [9.17, 15) is 4.79 Å². The molecule has 2 aliphatic rings. The molecule has 2 fully saturated rings. The first-order valence-corrected chi connectivity index (χ1v) is 9.14. The second-order valence-corrected chi connectivity index (χ2v) is 6.60. The fourth-order valence-electron chi connectivity index (χ4n) is 3.73. The third-order valence-electron chi connectivity index (χ3n) is 5.26. The van der Waals surface area contributed by atoms with Crippen LogP contribution in [0.3, 0.4) is 0 Å². The zero-order chi connectivity index (χ0) is 16.7. The molecule has 0 radical (unpaired) electrons. The smallest absolute Gasteiger partial charge is 0.249 e. The van der Waals surface area contributed by atoms with Crippen LogP contribution in [0.15, 0.2) is 0 Å². The molecule has 6 nitrogen and oxygen atoms in total. The monoisotopic (exact) mass is 327 g/mol. The zero-order valence-electron chi connectivity index (χ0n) is 14.6. The van der Waals surface area contributed by atoms with E-state index in [1.807, 2.05) is 0 Å². The Morgan fingerprint density at radius 3 is 2.52 bits per heavy atom. The summed E-state index contributed by atoms with van der Waals surface area (Å²) in [4.78, 5) is 14.8. The van der Waals surface area contributed by atoms with Crippen molar-refractivity contribution in [3.05, 3.63) is 0 Å². The Morgan fingerprint density at radius 2 is 1.96 bits per heavy atom. The third-order valence-corrected chi connectivity index (χ3v) is 5.26. The van der Waals surface area contributed by atoms with Crippen LogP contribution in [0.5, 0.6) is 0 Å². The Bertz CT molecular complexity index is 357. The molecule has 0 spiro atoms. The first kappa shape index (κ1) is 18.6. The van der Waals surface area contributed by atoms with Crippen LogP contribution in [0.2, 0.25) is 0 Å². The number of nitrogens with two attached hydrogens (primary N) is 1. The minimum atomic E-state index is -0.324. The molecule has 23 heavy (non-hydrogen) atoms. The summed E-state index contributed by atoms with van der Waals surface area (Å²) < 4.78 is 11.2. The van der Waals surface area contributed by atoms with Crippen LogP contribution in [0.25, 0.3) is 0 Å². The van der Waals surface area contributed by atoms with Crippen LogP contribution in [-0.2, 0) is 14.3 Å². The van der Waals surface area contributed by atoms with Gasteiger partial charge in [-0.25, -0.2) is 0 Å². The van der Waals surface area contributed by atoms with Crippen molar-refractivity contribution in [3.63, 3.8) is 0 Å². The largest absolute Gasteiger partial charge is 0.379 e. The van der Waals surface area contributed by atoms with E-state index in [1.165, 1.54) is 0 Å². The highest BCUT2D eigenvalue weighted by Gasteiger charge is 2.32. The summed E-state index contributed by atoms with van der Waals surface area (Å²) in [5.74, 6) is 0.611. The third kappa shape index (κ3) is 5.14. The van der Waals surface area contributed by atoms with Gasteiger partial charge in [-0.05, 0) is 18.8 Å². The predicted octanol–water partition coefficient (Wildman–Crippen LogP) is 0.746. The van der Waals surface area contributed by atoms with Gasteiger partial charge in [0.2, 0.25) is 5.91 Å².